The number of piperidine rings is 1. The van der Waals surface area contributed by atoms with Crippen molar-refractivity contribution in [2.75, 3.05) is 13.1 Å². The number of likely N-dealkylation sites (tertiary alicyclic amines) is 1. The van der Waals surface area contributed by atoms with Crippen molar-refractivity contribution in [3.8, 4) is 0 Å². The smallest absolute Gasteiger partial charge is 0.122 e. The van der Waals surface area contributed by atoms with E-state index < -0.39 is 0 Å². The average Bonchev–Trinajstić information content (AvgIpc) is 3.01. The molecule has 112 valence electrons. The second kappa shape index (κ2) is 5.90. The quantitative estimate of drug-likeness (QED) is 0.892. The molecule has 2 N–H and O–H groups in total. The minimum Gasteiger partial charge on any atom is -0.464 e. The second-order valence-corrected chi connectivity index (χ2v) is 6.61. The van der Waals surface area contributed by atoms with E-state index in [9.17, 15) is 0 Å². The zero-order valence-corrected chi connectivity index (χ0v) is 12.8. The Balaban J connectivity index is 1.76. The molecule has 1 aliphatic heterocycles. The van der Waals surface area contributed by atoms with Crippen LogP contribution in [0.15, 0.2) is 16.5 Å². The molecule has 0 bridgehead atoms. The van der Waals surface area contributed by atoms with Crippen LogP contribution in [0.4, 0.5) is 0 Å². The van der Waals surface area contributed by atoms with Crippen LogP contribution in [0.2, 0.25) is 0 Å². The van der Waals surface area contributed by atoms with Gasteiger partial charge in [-0.3, -0.25) is 4.90 Å². The Hall–Kier alpha value is -0.800. The van der Waals surface area contributed by atoms with Crippen molar-refractivity contribution in [2.24, 2.45) is 11.7 Å². The Morgan fingerprint density at radius 1 is 1.40 bits per heavy atom. The molecule has 1 aliphatic carbocycles. The van der Waals surface area contributed by atoms with Crippen molar-refractivity contribution < 1.29 is 4.42 Å². The van der Waals surface area contributed by atoms with Gasteiger partial charge in [0, 0.05) is 18.5 Å². The fourth-order valence-corrected chi connectivity index (χ4v) is 3.75. The SMILES string of the molecule is CCC1CCCCN1C(CN)c1ccc(C2CC2C)o1. The lowest BCUT2D eigenvalue weighted by Gasteiger charge is -2.39. The van der Waals surface area contributed by atoms with Gasteiger partial charge in [-0.15, -0.1) is 0 Å². The standard InChI is InChI=1S/C17H28N2O/c1-3-13-6-4-5-9-19(13)15(11-18)17-8-7-16(20-17)14-10-12(14)2/h7-8,12-15H,3-6,9-11,18H2,1-2H3. The summed E-state index contributed by atoms with van der Waals surface area (Å²) < 4.78 is 6.16. The number of nitrogens with zero attached hydrogens (tertiary/aromatic N) is 1. The Labute approximate surface area is 122 Å². The molecule has 4 atom stereocenters. The third kappa shape index (κ3) is 2.66. The van der Waals surface area contributed by atoms with E-state index in [2.05, 4.69) is 30.9 Å². The van der Waals surface area contributed by atoms with Gasteiger partial charge >= 0.3 is 0 Å². The Kier molecular flexibility index (Phi) is 4.18. The van der Waals surface area contributed by atoms with E-state index in [-0.39, 0.29) is 6.04 Å². The fraction of sp³-hybridized carbons (Fsp3) is 0.765. The van der Waals surface area contributed by atoms with Gasteiger partial charge in [0.05, 0.1) is 6.04 Å². The van der Waals surface area contributed by atoms with E-state index in [0.717, 1.165) is 18.2 Å². The molecule has 3 heteroatoms. The van der Waals surface area contributed by atoms with E-state index in [0.29, 0.717) is 18.5 Å². The lowest BCUT2D eigenvalue weighted by Crippen LogP contribution is -2.44. The highest BCUT2D eigenvalue weighted by atomic mass is 16.3. The van der Waals surface area contributed by atoms with Crippen LogP contribution < -0.4 is 5.73 Å². The Bertz CT molecular complexity index is 442. The predicted octanol–water partition coefficient (Wildman–Crippen LogP) is 3.67. The van der Waals surface area contributed by atoms with Crippen molar-refractivity contribution in [3.63, 3.8) is 0 Å². The van der Waals surface area contributed by atoms with Gasteiger partial charge < -0.3 is 10.2 Å². The van der Waals surface area contributed by atoms with Crippen molar-refractivity contribution in [1.82, 2.24) is 4.90 Å². The van der Waals surface area contributed by atoms with Crippen molar-refractivity contribution in [2.45, 2.75) is 64.0 Å². The summed E-state index contributed by atoms with van der Waals surface area (Å²) in [5.74, 6) is 3.71. The van der Waals surface area contributed by atoms with Gasteiger partial charge in [0.2, 0.25) is 0 Å². The summed E-state index contributed by atoms with van der Waals surface area (Å²) in [6.45, 7) is 6.40. The molecule has 4 unspecified atom stereocenters. The van der Waals surface area contributed by atoms with Gasteiger partial charge in [-0.2, -0.15) is 0 Å². The van der Waals surface area contributed by atoms with Crippen LogP contribution in [0.1, 0.15) is 69.4 Å². The minimum absolute atomic E-state index is 0.267. The normalized spacial score (nSPS) is 32.2. The molecular weight excluding hydrogens is 248 g/mol. The Morgan fingerprint density at radius 2 is 2.20 bits per heavy atom. The molecule has 1 aromatic heterocycles. The van der Waals surface area contributed by atoms with Crippen LogP contribution in [0.3, 0.4) is 0 Å². The molecule has 3 nitrogen and oxygen atoms in total. The van der Waals surface area contributed by atoms with Crippen LogP contribution in [0.25, 0.3) is 0 Å². The molecule has 3 rings (SSSR count). The van der Waals surface area contributed by atoms with Crippen LogP contribution in [0.5, 0.6) is 0 Å². The third-order valence-corrected chi connectivity index (χ3v) is 5.22. The minimum atomic E-state index is 0.267. The molecule has 0 amide bonds. The highest BCUT2D eigenvalue weighted by molar-refractivity contribution is 5.19. The third-order valence-electron chi connectivity index (χ3n) is 5.22. The van der Waals surface area contributed by atoms with E-state index in [1.54, 1.807) is 0 Å². The molecular formula is C17H28N2O. The maximum atomic E-state index is 6.16. The zero-order chi connectivity index (χ0) is 14.1. The maximum absolute atomic E-state index is 6.16. The average molecular weight is 276 g/mol. The molecule has 1 saturated carbocycles. The molecule has 2 aliphatic rings. The highest BCUT2D eigenvalue weighted by Gasteiger charge is 2.37. The molecule has 0 spiro atoms. The molecule has 0 radical (unpaired) electrons. The summed E-state index contributed by atoms with van der Waals surface area (Å²) in [4.78, 5) is 2.59. The zero-order valence-electron chi connectivity index (χ0n) is 12.8. The van der Waals surface area contributed by atoms with E-state index in [1.165, 1.54) is 37.9 Å². The lowest BCUT2D eigenvalue weighted by atomic mass is 9.97. The predicted molar refractivity (Wildman–Crippen MR) is 81.7 cm³/mol. The monoisotopic (exact) mass is 276 g/mol. The topological polar surface area (TPSA) is 42.4 Å². The van der Waals surface area contributed by atoms with Gasteiger partial charge in [-0.05, 0) is 50.3 Å². The molecule has 2 fully saturated rings. The number of hydrogen-bond donors (Lipinski definition) is 1. The van der Waals surface area contributed by atoms with Gasteiger partial charge in [0.25, 0.3) is 0 Å². The summed E-state index contributed by atoms with van der Waals surface area (Å²) in [5.41, 5.74) is 6.08. The number of nitrogens with two attached hydrogens (primary N) is 1. The van der Waals surface area contributed by atoms with Crippen LogP contribution in [-0.4, -0.2) is 24.0 Å². The molecule has 0 aromatic carbocycles. The first kappa shape index (κ1) is 14.2. The van der Waals surface area contributed by atoms with Gasteiger partial charge in [0.15, 0.2) is 0 Å². The molecule has 1 saturated heterocycles. The first-order valence-electron chi connectivity index (χ1n) is 8.30. The fourth-order valence-electron chi connectivity index (χ4n) is 3.75. The van der Waals surface area contributed by atoms with Crippen LogP contribution in [0, 0.1) is 5.92 Å². The summed E-state index contributed by atoms with van der Waals surface area (Å²) in [6.07, 6.45) is 6.45. The van der Waals surface area contributed by atoms with Crippen molar-refractivity contribution >= 4 is 0 Å². The largest absolute Gasteiger partial charge is 0.464 e. The van der Waals surface area contributed by atoms with E-state index >= 15 is 0 Å². The summed E-state index contributed by atoms with van der Waals surface area (Å²) in [7, 11) is 0. The van der Waals surface area contributed by atoms with E-state index in [4.69, 9.17) is 10.2 Å². The van der Waals surface area contributed by atoms with Gasteiger partial charge in [0.1, 0.15) is 11.5 Å². The number of furan rings is 1. The van der Waals surface area contributed by atoms with E-state index in [1.807, 2.05) is 0 Å². The summed E-state index contributed by atoms with van der Waals surface area (Å²) in [5, 5.41) is 0. The second-order valence-electron chi connectivity index (χ2n) is 6.61. The first-order valence-corrected chi connectivity index (χ1v) is 8.30. The molecule has 20 heavy (non-hydrogen) atoms. The maximum Gasteiger partial charge on any atom is 0.122 e. The van der Waals surface area contributed by atoms with Crippen molar-refractivity contribution in [1.29, 1.82) is 0 Å². The Morgan fingerprint density at radius 3 is 2.85 bits per heavy atom. The summed E-state index contributed by atoms with van der Waals surface area (Å²) in [6, 6.07) is 5.28. The van der Waals surface area contributed by atoms with Crippen LogP contribution in [-0.2, 0) is 0 Å². The molecule has 1 aromatic rings. The number of rotatable bonds is 5. The van der Waals surface area contributed by atoms with Gasteiger partial charge in [-0.25, -0.2) is 0 Å². The van der Waals surface area contributed by atoms with Crippen LogP contribution >= 0.6 is 0 Å². The number of hydrogen-bond acceptors (Lipinski definition) is 3. The highest BCUT2D eigenvalue weighted by Crippen LogP contribution is 2.48. The molecule has 2 heterocycles. The van der Waals surface area contributed by atoms with Gasteiger partial charge in [-0.1, -0.05) is 20.3 Å². The first-order chi connectivity index (χ1) is 9.74. The summed E-state index contributed by atoms with van der Waals surface area (Å²) >= 11 is 0. The lowest BCUT2D eigenvalue weighted by molar-refractivity contribution is 0.0826. The van der Waals surface area contributed by atoms with Crippen molar-refractivity contribution in [3.05, 3.63) is 23.7 Å².